The van der Waals surface area contributed by atoms with Gasteiger partial charge in [-0.05, 0) is 37.4 Å². The average molecular weight is 407 g/mol. The summed E-state index contributed by atoms with van der Waals surface area (Å²) in [5.41, 5.74) is 0.325. The molecule has 0 saturated carbocycles. The van der Waals surface area contributed by atoms with Crippen LogP contribution in [0.1, 0.15) is 17.3 Å². The summed E-state index contributed by atoms with van der Waals surface area (Å²) in [6.07, 6.45) is -3.68. The third kappa shape index (κ3) is 5.84. The standard InChI is InChI=1S/C19H25N3O7/c1-4-20-19(21-5-2)22-10-13-14(23)15(24)16(25)18(29-13)28-12-8-6-11(7-9-12)17(26)27-3/h4-9,13-16,18,23-25H,1,10H2,2-3H3,(H,20,22)/b21-5-/t13?,14-,15?,16?,18+/m1/s1. The number of ether oxygens (including phenoxy) is 3. The number of carbonyl (C=O) groups excluding carboxylic acids is 1. The van der Waals surface area contributed by atoms with E-state index in [2.05, 4.69) is 26.6 Å². The largest absolute Gasteiger partial charge is 0.465 e. The number of nitrogens with one attached hydrogen (secondary N) is 1. The molecule has 10 heteroatoms. The van der Waals surface area contributed by atoms with Crippen LogP contribution in [0.25, 0.3) is 0 Å². The van der Waals surface area contributed by atoms with Gasteiger partial charge in [0, 0.05) is 6.21 Å². The third-order valence-corrected chi connectivity index (χ3v) is 4.10. The Labute approximate surface area is 168 Å². The summed E-state index contributed by atoms with van der Waals surface area (Å²) < 4.78 is 15.8. The van der Waals surface area contributed by atoms with Crippen molar-refractivity contribution in [1.82, 2.24) is 5.32 Å². The quantitative estimate of drug-likeness (QED) is 0.289. The summed E-state index contributed by atoms with van der Waals surface area (Å²) in [7, 11) is 1.27. The molecule has 2 rings (SSSR count). The number of benzene rings is 1. The first kappa shape index (κ1) is 22.5. The molecular weight excluding hydrogens is 382 g/mol. The van der Waals surface area contributed by atoms with Gasteiger partial charge >= 0.3 is 5.97 Å². The van der Waals surface area contributed by atoms with Gasteiger partial charge in [-0.15, -0.1) is 0 Å². The number of aliphatic hydroxyl groups excluding tert-OH is 3. The van der Waals surface area contributed by atoms with E-state index in [0.29, 0.717) is 5.56 Å². The Morgan fingerprint density at radius 2 is 1.93 bits per heavy atom. The van der Waals surface area contributed by atoms with Gasteiger partial charge in [0.1, 0.15) is 30.2 Å². The van der Waals surface area contributed by atoms with E-state index in [1.165, 1.54) is 43.8 Å². The molecular formula is C19H25N3O7. The van der Waals surface area contributed by atoms with Crippen molar-refractivity contribution < 1.29 is 34.3 Å². The molecule has 0 bridgehead atoms. The van der Waals surface area contributed by atoms with Crippen molar-refractivity contribution in [1.29, 1.82) is 0 Å². The van der Waals surface area contributed by atoms with Gasteiger partial charge in [0.15, 0.2) is 0 Å². The Morgan fingerprint density at radius 3 is 2.52 bits per heavy atom. The Kier molecular flexibility index (Phi) is 8.28. The summed E-state index contributed by atoms with van der Waals surface area (Å²) in [6.45, 7) is 5.18. The first-order valence-corrected chi connectivity index (χ1v) is 8.86. The van der Waals surface area contributed by atoms with Crippen LogP contribution in [0.4, 0.5) is 0 Å². The number of hydrogen-bond acceptors (Lipinski definition) is 8. The summed E-state index contributed by atoms with van der Waals surface area (Å²) in [4.78, 5) is 19.7. The van der Waals surface area contributed by atoms with Crippen molar-refractivity contribution in [3.05, 3.63) is 42.6 Å². The van der Waals surface area contributed by atoms with Crippen molar-refractivity contribution in [3.8, 4) is 5.75 Å². The summed E-state index contributed by atoms with van der Waals surface area (Å²) >= 11 is 0. The number of carbonyl (C=O) groups is 1. The van der Waals surface area contributed by atoms with Gasteiger partial charge in [0.2, 0.25) is 12.2 Å². The molecule has 4 N–H and O–H groups in total. The molecule has 1 saturated heterocycles. The van der Waals surface area contributed by atoms with Crippen LogP contribution in [0, 0.1) is 0 Å². The minimum absolute atomic E-state index is 0.0560. The smallest absolute Gasteiger partial charge is 0.337 e. The Morgan fingerprint density at radius 1 is 1.24 bits per heavy atom. The minimum Gasteiger partial charge on any atom is -0.465 e. The number of methoxy groups -OCH3 is 1. The summed E-state index contributed by atoms with van der Waals surface area (Å²) in [5, 5.41) is 33.3. The van der Waals surface area contributed by atoms with Crippen LogP contribution in [-0.2, 0) is 9.47 Å². The third-order valence-electron chi connectivity index (χ3n) is 4.10. The number of guanidine groups is 1. The molecule has 5 atom stereocenters. The van der Waals surface area contributed by atoms with Crippen molar-refractivity contribution in [3.63, 3.8) is 0 Å². The molecule has 0 radical (unpaired) electrons. The van der Waals surface area contributed by atoms with Gasteiger partial charge in [0.05, 0.1) is 19.2 Å². The highest BCUT2D eigenvalue weighted by molar-refractivity contribution is 5.89. The molecule has 29 heavy (non-hydrogen) atoms. The van der Waals surface area contributed by atoms with Gasteiger partial charge in [-0.25, -0.2) is 14.8 Å². The van der Waals surface area contributed by atoms with Gasteiger partial charge in [-0.3, -0.25) is 0 Å². The van der Waals surface area contributed by atoms with Crippen LogP contribution < -0.4 is 10.1 Å². The Bertz CT molecular complexity index is 751. The average Bonchev–Trinajstić information content (AvgIpc) is 2.73. The maximum absolute atomic E-state index is 11.5. The van der Waals surface area contributed by atoms with Crippen LogP contribution in [0.5, 0.6) is 5.75 Å². The van der Waals surface area contributed by atoms with E-state index in [0.717, 1.165) is 0 Å². The fourth-order valence-electron chi connectivity index (χ4n) is 2.60. The van der Waals surface area contributed by atoms with Crippen LogP contribution in [0.2, 0.25) is 0 Å². The van der Waals surface area contributed by atoms with E-state index < -0.39 is 36.7 Å². The zero-order valence-electron chi connectivity index (χ0n) is 16.1. The molecule has 10 nitrogen and oxygen atoms in total. The number of aliphatic hydroxyl groups is 3. The van der Waals surface area contributed by atoms with Gasteiger partial charge in [-0.1, -0.05) is 6.58 Å². The summed E-state index contributed by atoms with van der Waals surface area (Å²) in [5.74, 6) is 0.0348. The molecule has 0 amide bonds. The number of aliphatic imine (C=N–C) groups is 2. The lowest BCUT2D eigenvalue weighted by atomic mass is 9.99. The lowest BCUT2D eigenvalue weighted by molar-refractivity contribution is -0.269. The topological polar surface area (TPSA) is 142 Å². The van der Waals surface area contributed by atoms with Crippen molar-refractivity contribution >= 4 is 18.1 Å². The SMILES string of the molecule is C=CNC(=NCC1O[C@H](Oc2ccc(C(=O)OC)cc2)C(O)C(O)[C@@H]1O)/N=C\C. The number of esters is 1. The van der Waals surface area contributed by atoms with E-state index in [1.54, 1.807) is 6.92 Å². The van der Waals surface area contributed by atoms with E-state index >= 15 is 0 Å². The molecule has 0 spiro atoms. The number of hydrogen-bond donors (Lipinski definition) is 4. The molecule has 1 aromatic carbocycles. The van der Waals surface area contributed by atoms with Crippen molar-refractivity contribution in [2.45, 2.75) is 37.6 Å². The second-order valence-corrected chi connectivity index (χ2v) is 6.05. The predicted molar refractivity (Wildman–Crippen MR) is 105 cm³/mol. The molecule has 1 heterocycles. The molecule has 1 aliphatic heterocycles. The number of rotatable bonds is 6. The highest BCUT2D eigenvalue weighted by atomic mass is 16.7. The highest BCUT2D eigenvalue weighted by Crippen LogP contribution is 2.25. The monoisotopic (exact) mass is 407 g/mol. The molecule has 3 unspecified atom stereocenters. The second-order valence-electron chi connectivity index (χ2n) is 6.05. The van der Waals surface area contributed by atoms with Crippen molar-refractivity contribution in [2.75, 3.05) is 13.7 Å². The first-order chi connectivity index (χ1) is 13.9. The minimum atomic E-state index is -1.51. The summed E-state index contributed by atoms with van der Waals surface area (Å²) in [6, 6.07) is 5.96. The first-order valence-electron chi connectivity index (χ1n) is 8.86. The lowest BCUT2D eigenvalue weighted by Gasteiger charge is -2.39. The van der Waals surface area contributed by atoms with E-state index in [4.69, 9.17) is 9.47 Å². The Hall–Kier alpha value is -2.79. The van der Waals surface area contributed by atoms with Crippen LogP contribution in [0.3, 0.4) is 0 Å². The predicted octanol–water partition coefficient (Wildman–Crippen LogP) is -0.161. The fourth-order valence-corrected chi connectivity index (χ4v) is 2.60. The highest BCUT2D eigenvalue weighted by Gasteiger charge is 2.44. The van der Waals surface area contributed by atoms with Crippen LogP contribution in [0.15, 0.2) is 47.0 Å². The zero-order chi connectivity index (χ0) is 21.4. The van der Waals surface area contributed by atoms with E-state index in [-0.39, 0.29) is 18.3 Å². The molecule has 0 aliphatic carbocycles. The van der Waals surface area contributed by atoms with Gasteiger partial charge < -0.3 is 34.8 Å². The molecule has 1 fully saturated rings. The normalized spacial score (nSPS) is 27.5. The van der Waals surface area contributed by atoms with Gasteiger partial charge in [-0.2, -0.15) is 0 Å². The molecule has 1 aliphatic rings. The molecule has 0 aromatic heterocycles. The zero-order valence-corrected chi connectivity index (χ0v) is 16.1. The van der Waals surface area contributed by atoms with Gasteiger partial charge in [0.25, 0.3) is 0 Å². The van der Waals surface area contributed by atoms with Crippen molar-refractivity contribution in [2.24, 2.45) is 9.98 Å². The maximum Gasteiger partial charge on any atom is 0.337 e. The van der Waals surface area contributed by atoms with E-state index in [9.17, 15) is 20.1 Å². The molecule has 158 valence electrons. The van der Waals surface area contributed by atoms with E-state index in [1.807, 2.05) is 0 Å². The molecule has 1 aromatic rings. The second kappa shape index (κ2) is 10.7. The number of nitrogens with zero attached hydrogens (tertiary/aromatic N) is 2. The fraction of sp³-hybridized carbons (Fsp3) is 0.421. The Balaban J connectivity index is 2.10. The van der Waals surface area contributed by atoms with Crippen LogP contribution >= 0.6 is 0 Å². The van der Waals surface area contributed by atoms with Crippen LogP contribution in [-0.4, -0.2) is 77.8 Å². The maximum atomic E-state index is 11.5. The lowest BCUT2D eigenvalue weighted by Crippen LogP contribution is -2.60.